The fourth-order valence-electron chi connectivity index (χ4n) is 3.54. The van der Waals surface area contributed by atoms with E-state index in [0.29, 0.717) is 49.3 Å². The largest absolute Gasteiger partial charge is 0.474 e. The molecule has 0 radical (unpaired) electrons. The van der Waals surface area contributed by atoms with Gasteiger partial charge in [0.15, 0.2) is 5.65 Å². The predicted octanol–water partition coefficient (Wildman–Crippen LogP) is 1.92. The number of nitrogens with zero attached hydrogens (tertiary/aromatic N) is 5. The zero-order chi connectivity index (χ0) is 22.0. The van der Waals surface area contributed by atoms with Crippen molar-refractivity contribution in [1.29, 1.82) is 0 Å². The summed E-state index contributed by atoms with van der Waals surface area (Å²) in [5, 5.41) is 14.2. The molecule has 3 heterocycles. The standard InChI is InChI=1S/C20H23N5O5S/c1-31(28,29)11-8-14-2-4-15(5-3-14)25-18-17(12-23-25)19(22-13-21-18)30-16-6-9-24(10-7-16)20(26)27/h2-5,12-13,16H,6-11H2,1H3,(H,26,27). The smallest absolute Gasteiger partial charge is 0.407 e. The number of rotatable bonds is 6. The minimum absolute atomic E-state index is 0.108. The van der Waals surface area contributed by atoms with Crippen LogP contribution < -0.4 is 4.74 Å². The molecule has 1 aromatic carbocycles. The molecule has 11 heteroatoms. The molecule has 0 aliphatic carbocycles. The predicted molar refractivity (Wildman–Crippen MR) is 113 cm³/mol. The van der Waals surface area contributed by atoms with Crippen molar-refractivity contribution < 1.29 is 23.1 Å². The quantitative estimate of drug-likeness (QED) is 0.610. The summed E-state index contributed by atoms with van der Waals surface area (Å²) in [4.78, 5) is 21.0. The topological polar surface area (TPSA) is 128 Å². The molecule has 2 aromatic heterocycles. The second-order valence-electron chi connectivity index (χ2n) is 7.61. The highest BCUT2D eigenvalue weighted by atomic mass is 32.2. The summed E-state index contributed by atoms with van der Waals surface area (Å²) >= 11 is 0. The highest BCUT2D eigenvalue weighted by Gasteiger charge is 2.25. The number of aryl methyl sites for hydroxylation is 1. The van der Waals surface area contributed by atoms with Crippen LogP contribution in [0.4, 0.5) is 4.79 Å². The molecule has 1 aliphatic rings. The number of ether oxygens (including phenoxy) is 1. The average Bonchev–Trinajstić information content (AvgIpc) is 3.18. The molecule has 0 atom stereocenters. The van der Waals surface area contributed by atoms with Crippen LogP contribution in [0.25, 0.3) is 16.7 Å². The van der Waals surface area contributed by atoms with E-state index in [1.54, 1.807) is 10.9 Å². The minimum atomic E-state index is -3.01. The van der Waals surface area contributed by atoms with Gasteiger partial charge in [-0.2, -0.15) is 5.10 Å². The lowest BCUT2D eigenvalue weighted by Crippen LogP contribution is -2.41. The summed E-state index contributed by atoms with van der Waals surface area (Å²) in [7, 11) is -3.01. The molecule has 0 unspecified atom stereocenters. The van der Waals surface area contributed by atoms with E-state index in [-0.39, 0.29) is 11.9 Å². The van der Waals surface area contributed by atoms with Crippen molar-refractivity contribution >= 4 is 27.0 Å². The summed E-state index contributed by atoms with van der Waals surface area (Å²) in [6.07, 6.45) is 4.92. The van der Waals surface area contributed by atoms with E-state index in [1.807, 2.05) is 24.3 Å². The summed E-state index contributed by atoms with van der Waals surface area (Å²) < 4.78 is 30.4. The Labute approximate surface area is 179 Å². The van der Waals surface area contributed by atoms with Gasteiger partial charge in [-0.15, -0.1) is 0 Å². The molecule has 164 valence electrons. The van der Waals surface area contributed by atoms with Gasteiger partial charge in [-0.05, 0) is 24.1 Å². The summed E-state index contributed by atoms with van der Waals surface area (Å²) in [5.41, 5.74) is 2.31. The van der Waals surface area contributed by atoms with Gasteiger partial charge in [-0.25, -0.2) is 27.9 Å². The maximum Gasteiger partial charge on any atom is 0.407 e. The highest BCUT2D eigenvalue weighted by Crippen LogP contribution is 2.26. The molecule has 3 aromatic rings. The van der Waals surface area contributed by atoms with Gasteiger partial charge in [0.2, 0.25) is 5.88 Å². The fraction of sp³-hybridized carbons (Fsp3) is 0.400. The van der Waals surface area contributed by atoms with Crippen LogP contribution in [0.5, 0.6) is 5.88 Å². The number of likely N-dealkylation sites (tertiary alicyclic amines) is 1. The Morgan fingerprint density at radius 1 is 1.19 bits per heavy atom. The third kappa shape index (κ3) is 4.93. The van der Waals surface area contributed by atoms with Gasteiger partial charge < -0.3 is 14.7 Å². The number of benzene rings is 1. The van der Waals surface area contributed by atoms with Crippen LogP contribution >= 0.6 is 0 Å². The van der Waals surface area contributed by atoms with E-state index in [1.165, 1.54) is 17.5 Å². The van der Waals surface area contributed by atoms with E-state index >= 15 is 0 Å². The lowest BCUT2D eigenvalue weighted by atomic mass is 10.1. The molecule has 31 heavy (non-hydrogen) atoms. The van der Waals surface area contributed by atoms with Crippen molar-refractivity contribution in [3.63, 3.8) is 0 Å². The zero-order valence-electron chi connectivity index (χ0n) is 17.0. The van der Waals surface area contributed by atoms with Crippen LogP contribution in [0.3, 0.4) is 0 Å². The van der Waals surface area contributed by atoms with Gasteiger partial charge in [0, 0.05) is 32.2 Å². The van der Waals surface area contributed by atoms with Crippen molar-refractivity contribution in [2.24, 2.45) is 0 Å². The Morgan fingerprint density at radius 3 is 2.55 bits per heavy atom. The first-order valence-electron chi connectivity index (χ1n) is 9.90. The Morgan fingerprint density at radius 2 is 1.90 bits per heavy atom. The number of carboxylic acid groups (broad SMARTS) is 1. The monoisotopic (exact) mass is 445 g/mol. The lowest BCUT2D eigenvalue weighted by molar-refractivity contribution is 0.0879. The number of piperidine rings is 1. The number of aromatic nitrogens is 4. The van der Waals surface area contributed by atoms with Gasteiger partial charge in [0.05, 0.1) is 17.6 Å². The second kappa shape index (κ2) is 8.50. The number of hydrogen-bond donors (Lipinski definition) is 1. The molecule has 1 fully saturated rings. The number of hydrogen-bond acceptors (Lipinski definition) is 7. The van der Waals surface area contributed by atoms with Crippen molar-refractivity contribution in [2.45, 2.75) is 25.4 Å². The minimum Gasteiger partial charge on any atom is -0.474 e. The number of fused-ring (bicyclic) bond motifs is 1. The van der Waals surface area contributed by atoms with E-state index in [9.17, 15) is 13.2 Å². The number of sulfone groups is 1. The van der Waals surface area contributed by atoms with Crippen molar-refractivity contribution in [3.05, 3.63) is 42.4 Å². The van der Waals surface area contributed by atoms with Crippen LogP contribution in [0.1, 0.15) is 18.4 Å². The molecule has 10 nitrogen and oxygen atoms in total. The molecule has 0 saturated carbocycles. The van der Waals surface area contributed by atoms with E-state index < -0.39 is 15.9 Å². The third-order valence-electron chi connectivity index (χ3n) is 5.26. The molecule has 0 spiro atoms. The van der Waals surface area contributed by atoms with Crippen LogP contribution in [0, 0.1) is 0 Å². The third-order valence-corrected chi connectivity index (χ3v) is 6.21. The molecule has 0 bridgehead atoms. The number of carbonyl (C=O) groups is 1. The average molecular weight is 446 g/mol. The molecule has 1 N–H and O–H groups in total. The molecular weight excluding hydrogens is 422 g/mol. The summed E-state index contributed by atoms with van der Waals surface area (Å²) in [5.74, 6) is 0.533. The Kier molecular flexibility index (Phi) is 5.77. The van der Waals surface area contributed by atoms with E-state index in [0.717, 1.165) is 11.3 Å². The van der Waals surface area contributed by atoms with Gasteiger partial charge >= 0.3 is 6.09 Å². The fourth-order valence-corrected chi connectivity index (χ4v) is 4.14. The maximum absolute atomic E-state index is 11.4. The van der Waals surface area contributed by atoms with Crippen LogP contribution in [0.15, 0.2) is 36.8 Å². The zero-order valence-corrected chi connectivity index (χ0v) is 17.8. The Bertz CT molecular complexity index is 1180. The molecule has 1 amide bonds. The van der Waals surface area contributed by atoms with E-state index in [2.05, 4.69) is 15.1 Å². The first-order chi connectivity index (χ1) is 14.8. The van der Waals surface area contributed by atoms with Gasteiger partial charge in [-0.1, -0.05) is 12.1 Å². The molecule has 1 aliphatic heterocycles. The normalized spacial score (nSPS) is 15.3. The second-order valence-corrected chi connectivity index (χ2v) is 9.87. The van der Waals surface area contributed by atoms with Crippen molar-refractivity contribution in [3.8, 4) is 11.6 Å². The number of amides is 1. The molecule has 1 saturated heterocycles. The summed E-state index contributed by atoms with van der Waals surface area (Å²) in [6.45, 7) is 0.859. The van der Waals surface area contributed by atoms with Crippen LogP contribution in [0.2, 0.25) is 0 Å². The molecular formula is C20H23N5O5S. The van der Waals surface area contributed by atoms with E-state index in [4.69, 9.17) is 9.84 Å². The lowest BCUT2D eigenvalue weighted by Gasteiger charge is -2.29. The van der Waals surface area contributed by atoms with Crippen LogP contribution in [-0.2, 0) is 16.3 Å². The Balaban J connectivity index is 1.50. The summed E-state index contributed by atoms with van der Waals surface area (Å²) in [6, 6.07) is 7.49. The maximum atomic E-state index is 11.4. The van der Waals surface area contributed by atoms with Crippen molar-refractivity contribution in [2.75, 3.05) is 25.1 Å². The SMILES string of the molecule is CS(=O)(=O)CCc1ccc(-n2ncc3c(OC4CCN(C(=O)O)CC4)ncnc32)cc1. The van der Waals surface area contributed by atoms with Gasteiger partial charge in [0.1, 0.15) is 27.7 Å². The van der Waals surface area contributed by atoms with Crippen molar-refractivity contribution in [1.82, 2.24) is 24.6 Å². The van der Waals surface area contributed by atoms with Crippen LogP contribution in [-0.4, -0.2) is 75.5 Å². The van der Waals surface area contributed by atoms with Gasteiger partial charge in [-0.3, -0.25) is 0 Å². The van der Waals surface area contributed by atoms with Gasteiger partial charge in [0.25, 0.3) is 0 Å². The molecule has 4 rings (SSSR count). The first kappa shape index (κ1) is 21.0. The Hall–Kier alpha value is -3.21. The highest BCUT2D eigenvalue weighted by molar-refractivity contribution is 7.90. The first-order valence-corrected chi connectivity index (χ1v) is 12.0.